The van der Waals surface area contributed by atoms with E-state index >= 15 is 0 Å². The highest BCUT2D eigenvalue weighted by Crippen LogP contribution is 2.32. The molecule has 3 aromatic rings. The average molecular weight is 325 g/mol. The van der Waals surface area contributed by atoms with E-state index in [4.69, 9.17) is 13.9 Å². The smallest absolute Gasteiger partial charge is 0.251 e. The van der Waals surface area contributed by atoms with Gasteiger partial charge in [-0.3, -0.25) is 9.48 Å². The molecule has 7 heteroatoms. The molecule has 0 saturated heterocycles. The molecule has 0 unspecified atom stereocenters. The highest BCUT2D eigenvalue weighted by Gasteiger charge is 2.20. The molecule has 1 aliphatic rings. The van der Waals surface area contributed by atoms with Crippen LogP contribution >= 0.6 is 0 Å². The number of ether oxygens (including phenoxy) is 2. The van der Waals surface area contributed by atoms with Crippen molar-refractivity contribution in [2.24, 2.45) is 0 Å². The van der Waals surface area contributed by atoms with Gasteiger partial charge in [0.05, 0.1) is 6.26 Å². The van der Waals surface area contributed by atoms with Crippen molar-refractivity contribution in [2.75, 3.05) is 13.3 Å². The highest BCUT2D eigenvalue weighted by atomic mass is 16.7. The van der Waals surface area contributed by atoms with Gasteiger partial charge in [-0.15, -0.1) is 0 Å². The van der Waals surface area contributed by atoms with Crippen LogP contribution in [-0.2, 0) is 0 Å². The molecule has 7 nitrogen and oxygen atoms in total. The van der Waals surface area contributed by atoms with Crippen molar-refractivity contribution >= 4 is 5.91 Å². The maximum Gasteiger partial charge on any atom is 0.251 e. The van der Waals surface area contributed by atoms with Gasteiger partial charge < -0.3 is 19.2 Å². The van der Waals surface area contributed by atoms with Crippen LogP contribution in [0.25, 0.3) is 0 Å². The van der Waals surface area contributed by atoms with E-state index in [0.29, 0.717) is 23.6 Å². The number of benzene rings is 1. The second-order valence-electron chi connectivity index (χ2n) is 5.30. The van der Waals surface area contributed by atoms with Gasteiger partial charge in [-0.25, -0.2) is 0 Å². The molecular formula is C17H15N3O4. The molecule has 122 valence electrons. The van der Waals surface area contributed by atoms with Gasteiger partial charge in [0.25, 0.3) is 5.91 Å². The molecule has 0 saturated carbocycles. The van der Waals surface area contributed by atoms with E-state index < -0.39 is 0 Å². The molecule has 1 amide bonds. The molecule has 1 aliphatic heterocycles. The number of nitrogens with one attached hydrogen (secondary N) is 1. The van der Waals surface area contributed by atoms with Crippen LogP contribution in [0, 0.1) is 0 Å². The van der Waals surface area contributed by atoms with Crippen molar-refractivity contribution < 1.29 is 18.7 Å². The summed E-state index contributed by atoms with van der Waals surface area (Å²) in [6.45, 7) is 0.530. The number of amides is 1. The Labute approximate surface area is 137 Å². The molecule has 0 spiro atoms. The minimum Gasteiger partial charge on any atom is -0.467 e. The van der Waals surface area contributed by atoms with E-state index in [1.807, 2.05) is 24.4 Å². The summed E-state index contributed by atoms with van der Waals surface area (Å²) >= 11 is 0. The van der Waals surface area contributed by atoms with E-state index in [9.17, 15) is 4.79 Å². The quantitative estimate of drug-likeness (QED) is 0.778. The monoisotopic (exact) mass is 325 g/mol. The molecule has 0 radical (unpaired) electrons. The topological polar surface area (TPSA) is 78.5 Å². The Morgan fingerprint density at radius 3 is 2.96 bits per heavy atom. The van der Waals surface area contributed by atoms with Crippen molar-refractivity contribution in [3.05, 3.63) is 66.4 Å². The van der Waals surface area contributed by atoms with E-state index in [2.05, 4.69) is 10.4 Å². The SMILES string of the molecule is O=C(NC[C@H](c1ccco1)n1cccn1)c1ccc2c(c1)OCO2. The minimum atomic E-state index is -0.215. The zero-order chi connectivity index (χ0) is 16.4. The van der Waals surface area contributed by atoms with Gasteiger partial charge in [-0.05, 0) is 36.4 Å². The molecule has 0 aliphatic carbocycles. The Bertz CT molecular complexity index is 793. The minimum absolute atomic E-state index is 0.181. The van der Waals surface area contributed by atoms with Crippen molar-refractivity contribution in [1.29, 1.82) is 0 Å². The van der Waals surface area contributed by atoms with Crippen LogP contribution in [-0.4, -0.2) is 29.0 Å². The molecule has 2 aromatic heterocycles. The summed E-state index contributed by atoms with van der Waals surface area (Å²) in [6, 6.07) is 10.4. The fourth-order valence-electron chi connectivity index (χ4n) is 2.60. The number of hydrogen-bond acceptors (Lipinski definition) is 5. The van der Waals surface area contributed by atoms with Gasteiger partial charge in [-0.1, -0.05) is 0 Å². The first-order chi connectivity index (χ1) is 11.8. The predicted molar refractivity (Wildman–Crippen MR) is 84.0 cm³/mol. The fraction of sp³-hybridized carbons (Fsp3) is 0.176. The summed E-state index contributed by atoms with van der Waals surface area (Å²) in [5.74, 6) is 1.76. The largest absolute Gasteiger partial charge is 0.467 e. The molecule has 3 heterocycles. The second kappa shape index (κ2) is 6.11. The number of nitrogens with zero attached hydrogens (tertiary/aromatic N) is 2. The summed E-state index contributed by atoms with van der Waals surface area (Å²) < 4.78 is 17.8. The van der Waals surface area contributed by atoms with Gasteiger partial charge in [0.1, 0.15) is 11.8 Å². The molecular weight excluding hydrogens is 310 g/mol. The number of fused-ring (bicyclic) bond motifs is 1. The number of carbonyl (C=O) groups is 1. The van der Waals surface area contributed by atoms with Crippen molar-refractivity contribution in [3.63, 3.8) is 0 Å². The second-order valence-corrected chi connectivity index (χ2v) is 5.30. The Morgan fingerprint density at radius 1 is 1.25 bits per heavy atom. The Morgan fingerprint density at radius 2 is 2.17 bits per heavy atom. The van der Waals surface area contributed by atoms with E-state index in [-0.39, 0.29) is 18.7 Å². The van der Waals surface area contributed by atoms with Crippen molar-refractivity contribution in [1.82, 2.24) is 15.1 Å². The summed E-state index contributed by atoms with van der Waals surface area (Å²) in [5.41, 5.74) is 0.512. The maximum atomic E-state index is 12.4. The van der Waals surface area contributed by atoms with E-state index in [0.717, 1.165) is 5.76 Å². The zero-order valence-corrected chi connectivity index (χ0v) is 12.7. The lowest BCUT2D eigenvalue weighted by atomic mass is 10.1. The summed E-state index contributed by atoms with van der Waals surface area (Å²) in [5, 5.41) is 7.15. The van der Waals surface area contributed by atoms with Gasteiger partial charge in [0, 0.05) is 24.5 Å². The maximum absolute atomic E-state index is 12.4. The van der Waals surface area contributed by atoms with Crippen molar-refractivity contribution in [3.8, 4) is 11.5 Å². The number of carbonyl (C=O) groups excluding carboxylic acids is 1. The number of rotatable bonds is 5. The first-order valence-electron chi connectivity index (χ1n) is 7.51. The lowest BCUT2D eigenvalue weighted by molar-refractivity contribution is 0.0947. The lowest BCUT2D eigenvalue weighted by Gasteiger charge is -2.16. The van der Waals surface area contributed by atoms with Crippen LogP contribution in [0.4, 0.5) is 0 Å². The molecule has 4 rings (SSSR count). The Hall–Kier alpha value is -3.22. The van der Waals surface area contributed by atoms with Gasteiger partial charge in [-0.2, -0.15) is 5.10 Å². The van der Waals surface area contributed by atoms with E-state index in [1.54, 1.807) is 35.3 Å². The molecule has 1 aromatic carbocycles. The summed E-state index contributed by atoms with van der Waals surface area (Å²) in [4.78, 5) is 12.4. The van der Waals surface area contributed by atoms with E-state index in [1.165, 1.54) is 0 Å². The summed E-state index contributed by atoms with van der Waals surface area (Å²) in [6.07, 6.45) is 5.13. The van der Waals surface area contributed by atoms with Gasteiger partial charge in [0.15, 0.2) is 11.5 Å². The molecule has 1 N–H and O–H groups in total. The third-order valence-electron chi connectivity index (χ3n) is 3.81. The van der Waals surface area contributed by atoms with Gasteiger partial charge in [0.2, 0.25) is 6.79 Å². The van der Waals surface area contributed by atoms with Crippen molar-refractivity contribution in [2.45, 2.75) is 6.04 Å². The first-order valence-corrected chi connectivity index (χ1v) is 7.51. The van der Waals surface area contributed by atoms with Crippen LogP contribution < -0.4 is 14.8 Å². The van der Waals surface area contributed by atoms with Crippen LogP contribution in [0.1, 0.15) is 22.2 Å². The van der Waals surface area contributed by atoms with Crippen LogP contribution in [0.3, 0.4) is 0 Å². The molecule has 24 heavy (non-hydrogen) atoms. The highest BCUT2D eigenvalue weighted by molar-refractivity contribution is 5.94. The predicted octanol–water partition coefficient (Wildman–Crippen LogP) is 2.22. The third kappa shape index (κ3) is 2.71. The Balaban J connectivity index is 1.49. The lowest BCUT2D eigenvalue weighted by Crippen LogP contribution is -2.31. The number of aromatic nitrogens is 2. The normalized spacial score (nSPS) is 13.7. The van der Waals surface area contributed by atoms with Crippen LogP contribution in [0.15, 0.2) is 59.5 Å². The standard InChI is InChI=1S/C17H15N3O4/c21-17(12-4-5-15-16(9-12)24-11-23-15)18-10-13(14-3-1-8-22-14)20-7-2-6-19-20/h1-9,13H,10-11H2,(H,18,21)/t13-/m1/s1. The first kappa shape index (κ1) is 14.4. The third-order valence-corrected chi connectivity index (χ3v) is 3.81. The fourth-order valence-corrected chi connectivity index (χ4v) is 2.60. The molecule has 1 atom stereocenters. The van der Waals surface area contributed by atoms with Crippen LogP contribution in [0.2, 0.25) is 0 Å². The van der Waals surface area contributed by atoms with Crippen LogP contribution in [0.5, 0.6) is 11.5 Å². The molecule has 0 fully saturated rings. The van der Waals surface area contributed by atoms with Gasteiger partial charge >= 0.3 is 0 Å². The average Bonchev–Trinajstić information content (AvgIpc) is 3.36. The zero-order valence-electron chi connectivity index (χ0n) is 12.7. The Kier molecular flexibility index (Phi) is 3.66. The summed E-state index contributed by atoms with van der Waals surface area (Å²) in [7, 11) is 0. The number of furan rings is 1. The number of hydrogen-bond donors (Lipinski definition) is 1. The molecule has 0 bridgehead atoms.